The van der Waals surface area contributed by atoms with Crippen LogP contribution >= 0.6 is 0 Å². The number of carbonyl (C=O) groups excluding carboxylic acids is 2. The summed E-state index contributed by atoms with van der Waals surface area (Å²) in [6.07, 6.45) is 5.51. The fraction of sp³-hybridized carbons (Fsp3) is 0.280. The zero-order valence-corrected chi connectivity index (χ0v) is 18.6. The number of fused-ring (bicyclic) bond motifs is 2. The summed E-state index contributed by atoms with van der Waals surface area (Å²) in [5.74, 6) is 1.06. The third-order valence-corrected chi connectivity index (χ3v) is 6.19. The van der Waals surface area contributed by atoms with Crippen molar-refractivity contribution >= 4 is 40.4 Å². The average Bonchev–Trinajstić information content (AvgIpc) is 3.64. The highest BCUT2D eigenvalue weighted by Gasteiger charge is 2.32. The van der Waals surface area contributed by atoms with Gasteiger partial charge in [0.1, 0.15) is 12.1 Å². The predicted molar refractivity (Wildman–Crippen MR) is 128 cm³/mol. The van der Waals surface area contributed by atoms with Gasteiger partial charge in [-0.2, -0.15) is 0 Å². The first-order chi connectivity index (χ1) is 15.9. The summed E-state index contributed by atoms with van der Waals surface area (Å²) in [5.41, 5.74) is 3.53. The minimum absolute atomic E-state index is 0.00835. The molecule has 2 aliphatic rings. The molecule has 3 aromatic rings. The first-order valence-electron chi connectivity index (χ1n) is 11.1. The van der Waals surface area contributed by atoms with Crippen LogP contribution in [-0.2, 0) is 10.2 Å². The number of nitrogens with zero attached hydrogens (tertiary/aromatic N) is 2. The number of anilines is 5. The molecule has 1 aliphatic heterocycles. The van der Waals surface area contributed by atoms with E-state index >= 15 is 0 Å². The lowest BCUT2D eigenvalue weighted by molar-refractivity contribution is -0.125. The SMILES string of the molecule is CC(C)(C(=O)NCC1CC1)c1ccc2c(c1)NC(=O)c1ccc(Nc3ccncn3)cc1N2. The number of aromatic nitrogens is 2. The Hall–Kier alpha value is -3.94. The largest absolute Gasteiger partial charge is 0.355 e. The smallest absolute Gasteiger partial charge is 0.257 e. The number of nitrogens with one attached hydrogen (secondary N) is 4. The minimum Gasteiger partial charge on any atom is -0.355 e. The third-order valence-electron chi connectivity index (χ3n) is 6.19. The van der Waals surface area contributed by atoms with Crippen LogP contribution in [0.1, 0.15) is 42.6 Å². The summed E-state index contributed by atoms with van der Waals surface area (Å²) in [6, 6.07) is 13.0. The number of carbonyl (C=O) groups is 2. The van der Waals surface area contributed by atoms with Crippen molar-refractivity contribution in [1.82, 2.24) is 15.3 Å². The molecule has 8 heteroatoms. The third kappa shape index (κ3) is 4.37. The topological polar surface area (TPSA) is 108 Å². The second-order valence-electron chi connectivity index (χ2n) is 9.10. The van der Waals surface area contributed by atoms with Gasteiger partial charge in [-0.05, 0) is 74.6 Å². The van der Waals surface area contributed by atoms with Crippen molar-refractivity contribution < 1.29 is 9.59 Å². The maximum Gasteiger partial charge on any atom is 0.257 e. The monoisotopic (exact) mass is 442 g/mol. The van der Waals surface area contributed by atoms with Crippen LogP contribution in [-0.4, -0.2) is 28.3 Å². The first-order valence-corrected chi connectivity index (χ1v) is 11.1. The Morgan fingerprint density at radius 3 is 2.67 bits per heavy atom. The highest BCUT2D eigenvalue weighted by Crippen LogP contribution is 2.37. The van der Waals surface area contributed by atoms with Crippen molar-refractivity contribution in [3.05, 3.63) is 66.1 Å². The Balaban J connectivity index is 1.40. The summed E-state index contributed by atoms with van der Waals surface area (Å²) in [5, 5.41) is 12.6. The molecule has 0 atom stereocenters. The standard InChI is InChI=1S/C25H26N6O2/c1-25(2,24(33)27-13-15-3-4-15)16-5-8-19-21(11-16)31-23(32)18-7-6-17(12-20(18)30-19)29-22-9-10-26-14-28-22/h5-12,14-15,30H,3-4,13H2,1-2H3,(H,27,33)(H,31,32)(H,26,28,29). The van der Waals surface area contributed by atoms with E-state index in [0.29, 0.717) is 28.7 Å². The van der Waals surface area contributed by atoms with Crippen molar-refractivity contribution in [2.24, 2.45) is 5.92 Å². The number of benzene rings is 2. The van der Waals surface area contributed by atoms with Crippen LogP contribution in [0.5, 0.6) is 0 Å². The molecule has 1 saturated carbocycles. The van der Waals surface area contributed by atoms with Gasteiger partial charge in [-0.1, -0.05) is 6.07 Å². The first kappa shape index (κ1) is 20.9. The molecule has 2 aromatic carbocycles. The van der Waals surface area contributed by atoms with E-state index in [1.54, 1.807) is 18.3 Å². The number of hydrogen-bond acceptors (Lipinski definition) is 6. The van der Waals surface area contributed by atoms with Crippen molar-refractivity contribution in [2.45, 2.75) is 32.1 Å². The molecule has 0 unspecified atom stereocenters. The van der Waals surface area contributed by atoms with Gasteiger partial charge in [0.15, 0.2) is 0 Å². The zero-order valence-electron chi connectivity index (χ0n) is 18.6. The van der Waals surface area contributed by atoms with Gasteiger partial charge in [-0.15, -0.1) is 0 Å². The molecule has 1 aromatic heterocycles. The van der Waals surface area contributed by atoms with Gasteiger partial charge in [-0.25, -0.2) is 9.97 Å². The molecule has 33 heavy (non-hydrogen) atoms. The van der Waals surface area contributed by atoms with Crippen LogP contribution in [0.3, 0.4) is 0 Å². The summed E-state index contributed by atoms with van der Waals surface area (Å²) >= 11 is 0. The van der Waals surface area contributed by atoms with E-state index in [-0.39, 0.29) is 11.8 Å². The molecule has 2 amide bonds. The van der Waals surface area contributed by atoms with E-state index in [2.05, 4.69) is 31.2 Å². The molecule has 2 heterocycles. The van der Waals surface area contributed by atoms with Gasteiger partial charge in [-0.3, -0.25) is 9.59 Å². The minimum atomic E-state index is -0.720. The van der Waals surface area contributed by atoms with E-state index in [1.165, 1.54) is 19.2 Å². The molecular formula is C25H26N6O2. The highest BCUT2D eigenvalue weighted by molar-refractivity contribution is 6.12. The summed E-state index contributed by atoms with van der Waals surface area (Å²) in [4.78, 5) is 33.9. The Bertz CT molecular complexity index is 1220. The molecule has 0 spiro atoms. The average molecular weight is 443 g/mol. The van der Waals surface area contributed by atoms with E-state index in [0.717, 1.165) is 23.5 Å². The van der Waals surface area contributed by atoms with E-state index in [1.807, 2.05) is 44.2 Å². The van der Waals surface area contributed by atoms with Gasteiger partial charge in [0.25, 0.3) is 5.91 Å². The van der Waals surface area contributed by atoms with Crippen molar-refractivity contribution in [1.29, 1.82) is 0 Å². The summed E-state index contributed by atoms with van der Waals surface area (Å²) in [7, 11) is 0. The normalized spacial score (nSPS) is 14.8. The molecule has 4 N–H and O–H groups in total. The van der Waals surface area contributed by atoms with Gasteiger partial charge in [0.05, 0.1) is 28.0 Å². The molecule has 0 radical (unpaired) electrons. The second-order valence-corrected chi connectivity index (χ2v) is 9.10. The van der Waals surface area contributed by atoms with Crippen LogP contribution in [0.2, 0.25) is 0 Å². The highest BCUT2D eigenvalue weighted by atomic mass is 16.2. The van der Waals surface area contributed by atoms with Gasteiger partial charge in [0, 0.05) is 18.4 Å². The lowest BCUT2D eigenvalue weighted by Gasteiger charge is -2.25. The Morgan fingerprint density at radius 2 is 1.91 bits per heavy atom. The van der Waals surface area contributed by atoms with Crippen molar-refractivity contribution in [3.63, 3.8) is 0 Å². The molecule has 0 bridgehead atoms. The van der Waals surface area contributed by atoms with E-state index in [4.69, 9.17) is 0 Å². The molecule has 1 fully saturated rings. The van der Waals surface area contributed by atoms with Crippen LogP contribution in [0, 0.1) is 5.92 Å². The van der Waals surface area contributed by atoms with Crippen LogP contribution in [0.25, 0.3) is 0 Å². The Morgan fingerprint density at radius 1 is 1.06 bits per heavy atom. The van der Waals surface area contributed by atoms with Crippen LogP contribution in [0.4, 0.5) is 28.6 Å². The quantitative estimate of drug-likeness (QED) is 0.452. The second kappa shape index (κ2) is 8.20. The van der Waals surface area contributed by atoms with E-state index in [9.17, 15) is 9.59 Å². The molecule has 168 valence electrons. The molecule has 5 rings (SSSR count). The van der Waals surface area contributed by atoms with Gasteiger partial charge >= 0.3 is 0 Å². The maximum atomic E-state index is 12.9. The molecule has 1 aliphatic carbocycles. The van der Waals surface area contributed by atoms with Crippen LogP contribution in [0.15, 0.2) is 55.0 Å². The van der Waals surface area contributed by atoms with Crippen LogP contribution < -0.4 is 21.3 Å². The predicted octanol–water partition coefficient (Wildman–Crippen LogP) is 4.33. The maximum absolute atomic E-state index is 12.9. The molecular weight excluding hydrogens is 416 g/mol. The number of hydrogen-bond donors (Lipinski definition) is 4. The number of amides is 2. The molecule has 8 nitrogen and oxygen atoms in total. The molecule has 0 saturated heterocycles. The van der Waals surface area contributed by atoms with Crippen molar-refractivity contribution in [3.8, 4) is 0 Å². The Kier molecular flexibility index (Phi) is 5.20. The van der Waals surface area contributed by atoms with E-state index < -0.39 is 5.41 Å². The summed E-state index contributed by atoms with van der Waals surface area (Å²) in [6.45, 7) is 4.54. The lowest BCUT2D eigenvalue weighted by atomic mass is 9.83. The van der Waals surface area contributed by atoms with Gasteiger partial charge in [0.2, 0.25) is 5.91 Å². The fourth-order valence-electron chi connectivity index (χ4n) is 3.83. The van der Waals surface area contributed by atoms with Crippen molar-refractivity contribution in [2.75, 3.05) is 22.5 Å². The zero-order chi connectivity index (χ0) is 23.0. The lowest BCUT2D eigenvalue weighted by Crippen LogP contribution is -2.41. The Labute approximate surface area is 192 Å². The fourth-order valence-corrected chi connectivity index (χ4v) is 3.83. The number of rotatable bonds is 6. The summed E-state index contributed by atoms with van der Waals surface area (Å²) < 4.78 is 0. The van der Waals surface area contributed by atoms with Gasteiger partial charge < -0.3 is 21.3 Å².